The Morgan fingerprint density at radius 3 is 2.74 bits per heavy atom. The molecule has 3 aromatic rings. The van der Waals surface area contributed by atoms with Gasteiger partial charge in [0.05, 0.1) is 16.6 Å². The number of nitrogens with one attached hydrogen (secondary N) is 1. The van der Waals surface area contributed by atoms with Crippen LogP contribution in [0.1, 0.15) is 0 Å². The van der Waals surface area contributed by atoms with E-state index < -0.39 is 0 Å². The van der Waals surface area contributed by atoms with E-state index in [0.717, 1.165) is 35.5 Å². The molecule has 2 heterocycles. The van der Waals surface area contributed by atoms with E-state index >= 15 is 0 Å². The van der Waals surface area contributed by atoms with Crippen LogP contribution in [0.25, 0.3) is 16.6 Å². The minimum atomic E-state index is 0.888. The highest BCUT2D eigenvalue weighted by Crippen LogP contribution is 2.21. The molecule has 0 aliphatic rings. The van der Waals surface area contributed by atoms with Crippen molar-refractivity contribution in [3.8, 4) is 0 Å². The summed E-state index contributed by atoms with van der Waals surface area (Å²) >= 11 is 0. The minimum absolute atomic E-state index is 0.888. The maximum absolute atomic E-state index is 4.72. The summed E-state index contributed by atoms with van der Waals surface area (Å²) < 4.78 is 2.18. The van der Waals surface area contributed by atoms with Crippen LogP contribution in [0, 0.1) is 0 Å². The second-order valence-corrected chi connectivity index (χ2v) is 4.94. The fraction of sp³-hybridized carbons (Fsp3) is 0.267. The lowest BCUT2D eigenvalue weighted by atomic mass is 10.3. The Balaban J connectivity index is 2.04. The molecule has 0 saturated heterocycles. The van der Waals surface area contributed by atoms with Crippen molar-refractivity contribution in [1.82, 2.24) is 14.3 Å². The van der Waals surface area contributed by atoms with Gasteiger partial charge in [-0.05, 0) is 38.4 Å². The van der Waals surface area contributed by atoms with Gasteiger partial charge < -0.3 is 14.6 Å². The molecular weight excluding hydrogens is 236 g/mol. The van der Waals surface area contributed by atoms with Gasteiger partial charge >= 0.3 is 0 Å². The molecular formula is C15H18N4. The van der Waals surface area contributed by atoms with E-state index in [1.807, 2.05) is 18.2 Å². The summed E-state index contributed by atoms with van der Waals surface area (Å²) in [5.74, 6) is 0.950. The van der Waals surface area contributed by atoms with E-state index in [1.54, 1.807) is 0 Å². The van der Waals surface area contributed by atoms with Crippen LogP contribution in [-0.2, 0) is 0 Å². The SMILES string of the molecule is CN(C)CCNc1nc2ccccc2n2cccc12. The fourth-order valence-electron chi connectivity index (χ4n) is 2.25. The maximum Gasteiger partial charge on any atom is 0.151 e. The zero-order valence-corrected chi connectivity index (χ0v) is 11.3. The largest absolute Gasteiger partial charge is 0.367 e. The molecule has 4 heteroatoms. The first-order valence-electron chi connectivity index (χ1n) is 6.50. The number of anilines is 1. The third-order valence-corrected chi connectivity index (χ3v) is 3.22. The molecule has 0 fully saturated rings. The molecule has 1 aromatic carbocycles. The summed E-state index contributed by atoms with van der Waals surface area (Å²) in [6.07, 6.45) is 2.08. The van der Waals surface area contributed by atoms with Gasteiger partial charge in [-0.1, -0.05) is 12.1 Å². The van der Waals surface area contributed by atoms with Crippen molar-refractivity contribution in [2.45, 2.75) is 0 Å². The van der Waals surface area contributed by atoms with Gasteiger partial charge in [0.15, 0.2) is 5.82 Å². The molecule has 0 radical (unpaired) electrons. The van der Waals surface area contributed by atoms with Crippen LogP contribution in [0.3, 0.4) is 0 Å². The molecule has 98 valence electrons. The molecule has 0 bridgehead atoms. The maximum atomic E-state index is 4.72. The van der Waals surface area contributed by atoms with Crippen LogP contribution in [0.4, 0.5) is 5.82 Å². The van der Waals surface area contributed by atoms with Gasteiger partial charge in [0.25, 0.3) is 0 Å². The Kier molecular flexibility index (Phi) is 3.09. The summed E-state index contributed by atoms with van der Waals surface area (Å²) in [6.45, 7) is 1.88. The molecule has 0 aliphatic heterocycles. The third-order valence-electron chi connectivity index (χ3n) is 3.22. The zero-order chi connectivity index (χ0) is 13.2. The number of hydrogen-bond donors (Lipinski definition) is 1. The second-order valence-electron chi connectivity index (χ2n) is 4.94. The highest BCUT2D eigenvalue weighted by atomic mass is 15.1. The van der Waals surface area contributed by atoms with Crippen LogP contribution < -0.4 is 5.32 Å². The van der Waals surface area contributed by atoms with E-state index in [4.69, 9.17) is 4.98 Å². The first kappa shape index (κ1) is 12.0. The molecule has 1 N–H and O–H groups in total. The van der Waals surface area contributed by atoms with Gasteiger partial charge in [-0.3, -0.25) is 0 Å². The normalized spacial score (nSPS) is 11.5. The van der Waals surface area contributed by atoms with Gasteiger partial charge in [0.1, 0.15) is 0 Å². The van der Waals surface area contributed by atoms with Crippen LogP contribution in [0.5, 0.6) is 0 Å². The molecule has 0 unspecified atom stereocenters. The van der Waals surface area contributed by atoms with E-state index in [9.17, 15) is 0 Å². The molecule has 0 aliphatic carbocycles. The highest BCUT2D eigenvalue weighted by Gasteiger charge is 2.06. The molecule has 0 spiro atoms. The predicted octanol–water partition coefficient (Wildman–Crippen LogP) is 2.46. The van der Waals surface area contributed by atoms with Crippen molar-refractivity contribution in [1.29, 1.82) is 0 Å². The Bertz CT molecular complexity index is 700. The number of fused-ring (bicyclic) bond motifs is 3. The number of nitrogens with zero attached hydrogens (tertiary/aromatic N) is 3. The standard InChI is InChI=1S/C15H18N4/c1-18(2)11-9-16-15-14-8-5-10-19(14)13-7-4-3-6-12(13)17-15/h3-8,10H,9,11H2,1-2H3,(H,16,17). The average Bonchev–Trinajstić information content (AvgIpc) is 2.88. The number of para-hydroxylation sites is 2. The Labute approximate surface area is 112 Å². The van der Waals surface area contributed by atoms with Gasteiger partial charge in [-0.2, -0.15) is 0 Å². The Morgan fingerprint density at radius 1 is 1.11 bits per heavy atom. The van der Waals surface area contributed by atoms with Crippen molar-refractivity contribution in [2.75, 3.05) is 32.5 Å². The minimum Gasteiger partial charge on any atom is -0.367 e. The van der Waals surface area contributed by atoms with Crippen molar-refractivity contribution in [3.63, 3.8) is 0 Å². The number of rotatable bonds is 4. The molecule has 0 saturated carbocycles. The van der Waals surface area contributed by atoms with Gasteiger partial charge in [-0.25, -0.2) is 4.98 Å². The van der Waals surface area contributed by atoms with Crippen molar-refractivity contribution in [2.24, 2.45) is 0 Å². The molecule has 3 rings (SSSR count). The summed E-state index contributed by atoms with van der Waals surface area (Å²) in [7, 11) is 4.14. The second kappa shape index (κ2) is 4.90. The summed E-state index contributed by atoms with van der Waals surface area (Å²) in [6, 6.07) is 12.4. The monoisotopic (exact) mass is 254 g/mol. The number of benzene rings is 1. The molecule has 19 heavy (non-hydrogen) atoms. The van der Waals surface area contributed by atoms with Crippen molar-refractivity contribution in [3.05, 3.63) is 42.6 Å². The average molecular weight is 254 g/mol. The Morgan fingerprint density at radius 2 is 1.89 bits per heavy atom. The van der Waals surface area contributed by atoms with E-state index in [-0.39, 0.29) is 0 Å². The first-order valence-corrected chi connectivity index (χ1v) is 6.50. The number of aromatic nitrogens is 2. The van der Waals surface area contributed by atoms with Gasteiger partial charge in [0, 0.05) is 19.3 Å². The van der Waals surface area contributed by atoms with Crippen LogP contribution in [0.2, 0.25) is 0 Å². The zero-order valence-electron chi connectivity index (χ0n) is 11.3. The van der Waals surface area contributed by atoms with Crippen molar-refractivity contribution >= 4 is 22.4 Å². The van der Waals surface area contributed by atoms with E-state index in [2.05, 4.69) is 53.1 Å². The quantitative estimate of drug-likeness (QED) is 0.776. The molecule has 2 aromatic heterocycles. The lowest BCUT2D eigenvalue weighted by Crippen LogP contribution is -2.21. The number of likely N-dealkylation sites (N-methyl/N-ethyl adjacent to an activating group) is 1. The first-order chi connectivity index (χ1) is 9.25. The van der Waals surface area contributed by atoms with E-state index in [0.29, 0.717) is 0 Å². The lowest BCUT2D eigenvalue weighted by Gasteiger charge is -2.13. The van der Waals surface area contributed by atoms with E-state index in [1.165, 1.54) is 0 Å². The summed E-state index contributed by atoms with van der Waals surface area (Å²) in [4.78, 5) is 6.88. The third kappa shape index (κ3) is 2.27. The fourth-order valence-corrected chi connectivity index (χ4v) is 2.25. The topological polar surface area (TPSA) is 32.6 Å². The van der Waals surface area contributed by atoms with Crippen LogP contribution >= 0.6 is 0 Å². The molecule has 4 nitrogen and oxygen atoms in total. The van der Waals surface area contributed by atoms with Crippen LogP contribution in [0.15, 0.2) is 42.6 Å². The smallest absolute Gasteiger partial charge is 0.151 e. The summed E-state index contributed by atoms with van der Waals surface area (Å²) in [5, 5.41) is 3.42. The highest BCUT2D eigenvalue weighted by molar-refractivity contribution is 5.84. The number of hydrogen-bond acceptors (Lipinski definition) is 3. The van der Waals surface area contributed by atoms with Crippen molar-refractivity contribution < 1.29 is 0 Å². The Hall–Kier alpha value is -2.07. The van der Waals surface area contributed by atoms with Gasteiger partial charge in [-0.15, -0.1) is 0 Å². The lowest BCUT2D eigenvalue weighted by molar-refractivity contribution is 0.425. The summed E-state index contributed by atoms with van der Waals surface area (Å²) in [5.41, 5.74) is 3.27. The van der Waals surface area contributed by atoms with Gasteiger partial charge in [0.2, 0.25) is 0 Å². The predicted molar refractivity (Wildman–Crippen MR) is 79.7 cm³/mol. The van der Waals surface area contributed by atoms with Crippen LogP contribution in [-0.4, -0.2) is 41.5 Å². The molecule has 0 amide bonds. The molecule has 0 atom stereocenters.